The lowest BCUT2D eigenvalue weighted by molar-refractivity contribution is -0.139. The molecule has 2 fully saturated rings. The van der Waals surface area contributed by atoms with Crippen molar-refractivity contribution in [1.82, 2.24) is 4.90 Å². The third-order valence-electron chi connectivity index (χ3n) is 6.23. The Bertz CT molecular complexity index is 793. The third-order valence-corrected chi connectivity index (χ3v) is 6.23. The molecule has 5 rings (SSSR count). The molecule has 1 amide bonds. The lowest BCUT2D eigenvalue weighted by Crippen LogP contribution is -2.45. The molecule has 2 atom stereocenters. The highest BCUT2D eigenvalue weighted by Gasteiger charge is 2.48. The van der Waals surface area contributed by atoms with E-state index in [0.717, 1.165) is 32.4 Å². The van der Waals surface area contributed by atoms with E-state index >= 15 is 0 Å². The van der Waals surface area contributed by atoms with Gasteiger partial charge in [0.2, 0.25) is 5.91 Å². The van der Waals surface area contributed by atoms with Crippen LogP contribution in [0.1, 0.15) is 41.9 Å². The molecule has 0 bridgehead atoms. The molecule has 128 valence electrons. The summed E-state index contributed by atoms with van der Waals surface area (Å²) in [6.45, 7) is 2.33. The topological polar surface area (TPSA) is 29.5 Å². The van der Waals surface area contributed by atoms with Gasteiger partial charge in [0.15, 0.2) is 0 Å². The second-order valence-electron chi connectivity index (χ2n) is 7.62. The number of carbonyl (C=O) groups is 1. The van der Waals surface area contributed by atoms with E-state index in [1.165, 1.54) is 16.7 Å². The van der Waals surface area contributed by atoms with Crippen LogP contribution in [-0.4, -0.2) is 23.9 Å². The van der Waals surface area contributed by atoms with Crippen molar-refractivity contribution in [3.63, 3.8) is 0 Å². The third kappa shape index (κ3) is 2.49. The molecule has 2 aliphatic heterocycles. The van der Waals surface area contributed by atoms with E-state index in [2.05, 4.69) is 53.4 Å². The van der Waals surface area contributed by atoms with Gasteiger partial charge in [0.1, 0.15) is 0 Å². The van der Waals surface area contributed by atoms with Crippen molar-refractivity contribution in [3.05, 3.63) is 71.3 Å². The van der Waals surface area contributed by atoms with Crippen LogP contribution in [0.25, 0.3) is 0 Å². The number of piperidine rings is 1. The van der Waals surface area contributed by atoms with E-state index in [1.807, 2.05) is 6.07 Å². The van der Waals surface area contributed by atoms with Crippen LogP contribution in [0.4, 0.5) is 0 Å². The van der Waals surface area contributed by atoms with Gasteiger partial charge in [0, 0.05) is 19.0 Å². The summed E-state index contributed by atoms with van der Waals surface area (Å²) < 4.78 is 6.21. The fourth-order valence-electron chi connectivity index (χ4n) is 4.66. The molecule has 2 aromatic carbocycles. The molecule has 0 N–H and O–H groups in total. The maximum Gasteiger partial charge on any atom is 0.226 e. The molecule has 0 radical (unpaired) electrons. The molecule has 3 aliphatic rings. The summed E-state index contributed by atoms with van der Waals surface area (Å²) in [5.74, 6) is 0.955. The van der Waals surface area contributed by atoms with Crippen LogP contribution >= 0.6 is 0 Å². The van der Waals surface area contributed by atoms with E-state index in [1.54, 1.807) is 0 Å². The number of hydrogen-bond acceptors (Lipinski definition) is 2. The number of rotatable bonds is 2. The Hall–Kier alpha value is -2.13. The van der Waals surface area contributed by atoms with Crippen LogP contribution in [0, 0.1) is 5.92 Å². The zero-order valence-electron chi connectivity index (χ0n) is 14.4. The van der Waals surface area contributed by atoms with Gasteiger partial charge < -0.3 is 9.64 Å². The fraction of sp³-hybridized carbons (Fsp3) is 0.409. The van der Waals surface area contributed by atoms with Crippen LogP contribution in [0.3, 0.4) is 0 Å². The summed E-state index contributed by atoms with van der Waals surface area (Å²) >= 11 is 0. The highest BCUT2D eigenvalue weighted by atomic mass is 16.5. The van der Waals surface area contributed by atoms with Gasteiger partial charge in [-0.25, -0.2) is 0 Å². The number of likely N-dealkylation sites (tertiary alicyclic amines) is 1. The number of nitrogens with zero attached hydrogens (tertiary/aromatic N) is 1. The van der Waals surface area contributed by atoms with Crippen molar-refractivity contribution in [1.29, 1.82) is 0 Å². The van der Waals surface area contributed by atoms with Gasteiger partial charge in [-0.1, -0.05) is 54.6 Å². The monoisotopic (exact) mass is 333 g/mol. The summed E-state index contributed by atoms with van der Waals surface area (Å²) in [4.78, 5) is 15.0. The molecule has 1 saturated carbocycles. The van der Waals surface area contributed by atoms with Gasteiger partial charge in [-0.3, -0.25) is 4.79 Å². The van der Waals surface area contributed by atoms with E-state index in [9.17, 15) is 4.79 Å². The quantitative estimate of drug-likeness (QED) is 0.836. The molecule has 2 aromatic rings. The Balaban J connectivity index is 1.25. The van der Waals surface area contributed by atoms with Gasteiger partial charge in [-0.05, 0) is 41.9 Å². The highest BCUT2D eigenvalue weighted by Crippen LogP contribution is 2.50. The van der Waals surface area contributed by atoms with Crippen molar-refractivity contribution in [2.45, 2.75) is 37.4 Å². The van der Waals surface area contributed by atoms with Gasteiger partial charge >= 0.3 is 0 Å². The maximum absolute atomic E-state index is 12.9. The summed E-state index contributed by atoms with van der Waals surface area (Å²) in [6, 6.07) is 19.0. The lowest BCUT2D eigenvalue weighted by atomic mass is 9.83. The standard InChI is InChI=1S/C22H23NO2/c24-21(19-14-18(19)16-6-2-1-3-7-16)23-12-10-22(11-13-23)20-9-5-4-8-17(20)15-25-22/h1-9,18-19H,10-15H2/t18-,19-/m0/s1. The first-order valence-corrected chi connectivity index (χ1v) is 9.33. The van der Waals surface area contributed by atoms with Crippen LogP contribution in [-0.2, 0) is 21.7 Å². The minimum atomic E-state index is -0.157. The normalized spacial score (nSPS) is 26.5. The molecule has 3 nitrogen and oxygen atoms in total. The Kier molecular flexibility index (Phi) is 3.46. The summed E-state index contributed by atoms with van der Waals surface area (Å²) in [7, 11) is 0. The summed E-state index contributed by atoms with van der Waals surface area (Å²) in [5.41, 5.74) is 3.81. The van der Waals surface area contributed by atoms with E-state index < -0.39 is 0 Å². The molecule has 2 heterocycles. The van der Waals surface area contributed by atoms with Crippen molar-refractivity contribution < 1.29 is 9.53 Å². The van der Waals surface area contributed by atoms with Gasteiger partial charge in [-0.15, -0.1) is 0 Å². The first-order valence-electron chi connectivity index (χ1n) is 9.33. The average molecular weight is 333 g/mol. The second kappa shape index (κ2) is 5.70. The zero-order valence-corrected chi connectivity index (χ0v) is 14.4. The van der Waals surface area contributed by atoms with Crippen LogP contribution in [0.2, 0.25) is 0 Å². The highest BCUT2D eigenvalue weighted by molar-refractivity contribution is 5.83. The van der Waals surface area contributed by atoms with Crippen molar-refractivity contribution in [2.24, 2.45) is 5.92 Å². The molecule has 1 aliphatic carbocycles. The Labute approximate surface area is 148 Å². The predicted molar refractivity (Wildman–Crippen MR) is 96.0 cm³/mol. The zero-order chi connectivity index (χ0) is 16.9. The van der Waals surface area contributed by atoms with Crippen LogP contribution in [0.15, 0.2) is 54.6 Å². The maximum atomic E-state index is 12.9. The molecular weight excluding hydrogens is 310 g/mol. The van der Waals surface area contributed by atoms with Crippen LogP contribution in [0.5, 0.6) is 0 Å². The first-order chi connectivity index (χ1) is 12.3. The fourth-order valence-corrected chi connectivity index (χ4v) is 4.66. The molecule has 1 spiro atoms. The Morgan fingerprint density at radius 2 is 1.72 bits per heavy atom. The Morgan fingerprint density at radius 3 is 2.52 bits per heavy atom. The summed E-state index contributed by atoms with van der Waals surface area (Å²) in [5, 5.41) is 0. The van der Waals surface area contributed by atoms with Gasteiger partial charge in [0.25, 0.3) is 0 Å². The number of amides is 1. The molecule has 3 heteroatoms. The minimum absolute atomic E-state index is 0.157. The average Bonchev–Trinajstić information content (AvgIpc) is 3.41. The lowest BCUT2D eigenvalue weighted by Gasteiger charge is -2.39. The number of hydrogen-bond donors (Lipinski definition) is 0. The van der Waals surface area contributed by atoms with Gasteiger partial charge in [-0.2, -0.15) is 0 Å². The second-order valence-corrected chi connectivity index (χ2v) is 7.62. The number of carbonyl (C=O) groups excluding carboxylic acids is 1. The van der Waals surface area contributed by atoms with E-state index in [4.69, 9.17) is 4.74 Å². The number of ether oxygens (including phenoxy) is 1. The molecular formula is C22H23NO2. The molecule has 25 heavy (non-hydrogen) atoms. The Morgan fingerprint density at radius 1 is 1.00 bits per heavy atom. The predicted octanol–water partition coefficient (Wildman–Crippen LogP) is 3.84. The molecule has 0 aromatic heterocycles. The van der Waals surface area contributed by atoms with Crippen molar-refractivity contribution >= 4 is 5.91 Å². The SMILES string of the molecule is O=C([C@H]1C[C@H]1c1ccccc1)N1CCC2(CC1)OCc1ccccc12. The van der Waals surface area contributed by atoms with Crippen molar-refractivity contribution in [2.75, 3.05) is 13.1 Å². The minimum Gasteiger partial charge on any atom is -0.365 e. The smallest absolute Gasteiger partial charge is 0.226 e. The van der Waals surface area contributed by atoms with E-state index in [0.29, 0.717) is 18.4 Å². The van der Waals surface area contributed by atoms with Crippen molar-refractivity contribution in [3.8, 4) is 0 Å². The van der Waals surface area contributed by atoms with Crippen LogP contribution < -0.4 is 0 Å². The van der Waals surface area contributed by atoms with Gasteiger partial charge in [0.05, 0.1) is 12.2 Å². The number of benzene rings is 2. The first kappa shape index (κ1) is 15.2. The van der Waals surface area contributed by atoms with E-state index in [-0.39, 0.29) is 11.5 Å². The number of fused-ring (bicyclic) bond motifs is 2. The largest absolute Gasteiger partial charge is 0.365 e. The molecule has 1 saturated heterocycles. The molecule has 0 unspecified atom stereocenters. The summed E-state index contributed by atoms with van der Waals surface area (Å²) in [6.07, 6.45) is 2.83.